The van der Waals surface area contributed by atoms with E-state index in [1.807, 2.05) is 36.4 Å². The zero-order chi connectivity index (χ0) is 14.5. The van der Waals surface area contributed by atoms with Gasteiger partial charge in [0.15, 0.2) is 0 Å². The molecule has 6 heteroatoms. The van der Waals surface area contributed by atoms with E-state index >= 15 is 0 Å². The van der Waals surface area contributed by atoms with Gasteiger partial charge in [0.1, 0.15) is 5.82 Å². The first-order valence-corrected chi connectivity index (χ1v) is 6.81. The van der Waals surface area contributed by atoms with E-state index < -0.39 is 0 Å². The molecule has 0 aliphatic carbocycles. The molecule has 6 nitrogen and oxygen atoms in total. The van der Waals surface area contributed by atoms with Crippen LogP contribution in [0, 0.1) is 0 Å². The number of nitrogens with zero attached hydrogens (tertiary/aromatic N) is 1. The Morgan fingerprint density at radius 3 is 3.00 bits per heavy atom. The minimum Gasteiger partial charge on any atom is -0.298 e. The van der Waals surface area contributed by atoms with Gasteiger partial charge in [-0.3, -0.25) is 19.8 Å². The molecule has 0 atom stereocenters. The summed E-state index contributed by atoms with van der Waals surface area (Å²) in [6, 6.07) is 11.4. The Morgan fingerprint density at radius 1 is 1.19 bits per heavy atom. The van der Waals surface area contributed by atoms with E-state index in [0.29, 0.717) is 17.8 Å². The topological polar surface area (TPSA) is 82.8 Å². The minimum atomic E-state index is -0.0838. The van der Waals surface area contributed by atoms with Crippen LogP contribution in [0.1, 0.15) is 12.0 Å². The first-order chi connectivity index (χ1) is 10.3. The van der Waals surface area contributed by atoms with Crippen molar-refractivity contribution in [1.29, 1.82) is 0 Å². The van der Waals surface area contributed by atoms with Gasteiger partial charge in [-0.1, -0.05) is 12.1 Å². The summed E-state index contributed by atoms with van der Waals surface area (Å²) < 4.78 is 0. The van der Waals surface area contributed by atoms with Gasteiger partial charge < -0.3 is 0 Å². The van der Waals surface area contributed by atoms with Gasteiger partial charge in [-0.05, 0) is 42.7 Å². The molecule has 0 aliphatic rings. The predicted octanol–water partition coefficient (Wildman–Crippen LogP) is 2.23. The van der Waals surface area contributed by atoms with E-state index in [1.165, 1.54) is 5.56 Å². The van der Waals surface area contributed by atoms with Gasteiger partial charge in [-0.2, -0.15) is 0 Å². The zero-order valence-corrected chi connectivity index (χ0v) is 11.4. The van der Waals surface area contributed by atoms with Crippen molar-refractivity contribution < 1.29 is 4.84 Å². The highest BCUT2D eigenvalue weighted by Gasteiger charge is 2.02. The average molecular weight is 284 g/mol. The van der Waals surface area contributed by atoms with Crippen molar-refractivity contribution in [3.05, 3.63) is 58.5 Å². The van der Waals surface area contributed by atoms with E-state index in [2.05, 4.69) is 20.7 Å². The Bertz CT molecular complexity index is 764. The number of hydrogen-bond donors (Lipinski definition) is 3. The summed E-state index contributed by atoms with van der Waals surface area (Å²) in [7, 11) is 0. The lowest BCUT2D eigenvalue weighted by molar-refractivity contribution is 0.189. The molecule has 3 N–H and O–H groups in total. The molecule has 0 amide bonds. The normalized spacial score (nSPS) is 10.9. The van der Waals surface area contributed by atoms with Gasteiger partial charge >= 0.3 is 0 Å². The average Bonchev–Trinajstić information content (AvgIpc) is 2.89. The van der Waals surface area contributed by atoms with Crippen LogP contribution in [0.25, 0.3) is 10.9 Å². The second kappa shape index (κ2) is 6.23. The number of rotatable bonds is 6. The number of aryl methyl sites for hydroxylation is 1. The van der Waals surface area contributed by atoms with Crippen molar-refractivity contribution in [2.24, 2.45) is 0 Å². The molecule has 0 radical (unpaired) electrons. The third-order valence-corrected chi connectivity index (χ3v) is 3.19. The molecule has 0 bridgehead atoms. The summed E-state index contributed by atoms with van der Waals surface area (Å²) in [6.07, 6.45) is 3.46. The van der Waals surface area contributed by atoms with Crippen LogP contribution in [0.2, 0.25) is 0 Å². The molecule has 0 aliphatic heterocycles. The molecule has 0 spiro atoms. The van der Waals surface area contributed by atoms with Gasteiger partial charge in [-0.25, -0.2) is 10.5 Å². The molecule has 2 heterocycles. The number of aromatic nitrogens is 3. The highest BCUT2D eigenvalue weighted by atomic mass is 16.6. The standard InChI is InChI=1S/C15H16N4O2/c20-15-12-7-6-11(10-13(12)17-18-15)4-3-9-21-19-14-5-1-2-8-16-14/h1-2,5-8,10H,3-4,9H2,(H,16,19)(H2,17,18,20). The monoisotopic (exact) mass is 284 g/mol. The largest absolute Gasteiger partial charge is 0.298 e. The molecule has 0 fully saturated rings. The fourth-order valence-electron chi connectivity index (χ4n) is 2.14. The molecule has 21 heavy (non-hydrogen) atoms. The quantitative estimate of drug-likeness (QED) is 0.479. The predicted molar refractivity (Wildman–Crippen MR) is 81.1 cm³/mol. The van der Waals surface area contributed by atoms with Crippen molar-refractivity contribution in [3.63, 3.8) is 0 Å². The smallest absolute Gasteiger partial charge is 0.271 e. The molecule has 3 aromatic rings. The van der Waals surface area contributed by atoms with E-state index in [4.69, 9.17) is 4.84 Å². The number of H-pyrrole nitrogens is 2. The SMILES string of the molecule is O=c1[nH][nH]c2cc(CCCONc3ccccn3)ccc12. The molecule has 2 aromatic heterocycles. The third kappa shape index (κ3) is 3.29. The molecule has 108 valence electrons. The van der Waals surface area contributed by atoms with Crippen LogP contribution in [0.3, 0.4) is 0 Å². The van der Waals surface area contributed by atoms with Crippen molar-refractivity contribution in [1.82, 2.24) is 15.2 Å². The molecular weight excluding hydrogens is 268 g/mol. The molecule has 0 saturated heterocycles. The van der Waals surface area contributed by atoms with Crippen LogP contribution in [-0.4, -0.2) is 21.8 Å². The maximum absolute atomic E-state index is 11.4. The van der Waals surface area contributed by atoms with Crippen molar-refractivity contribution in [2.75, 3.05) is 12.1 Å². The van der Waals surface area contributed by atoms with Crippen LogP contribution >= 0.6 is 0 Å². The molecule has 0 saturated carbocycles. The van der Waals surface area contributed by atoms with Crippen molar-refractivity contribution >= 4 is 16.7 Å². The van der Waals surface area contributed by atoms with E-state index in [-0.39, 0.29) is 5.56 Å². The highest BCUT2D eigenvalue weighted by Crippen LogP contribution is 2.11. The van der Waals surface area contributed by atoms with Gasteiger partial charge in [0.05, 0.1) is 17.5 Å². The summed E-state index contributed by atoms with van der Waals surface area (Å²) in [6.45, 7) is 0.582. The van der Waals surface area contributed by atoms with Gasteiger partial charge in [-0.15, -0.1) is 0 Å². The molecular formula is C15H16N4O2. The fraction of sp³-hybridized carbons (Fsp3) is 0.200. The number of pyridine rings is 1. The number of nitrogens with one attached hydrogen (secondary N) is 3. The maximum Gasteiger partial charge on any atom is 0.271 e. The number of anilines is 1. The van der Waals surface area contributed by atoms with Crippen molar-refractivity contribution in [2.45, 2.75) is 12.8 Å². The Morgan fingerprint density at radius 2 is 2.14 bits per heavy atom. The van der Waals surface area contributed by atoms with Crippen molar-refractivity contribution in [3.8, 4) is 0 Å². The fourth-order valence-corrected chi connectivity index (χ4v) is 2.14. The summed E-state index contributed by atoms with van der Waals surface area (Å²) in [5, 5.41) is 6.12. The molecule has 3 rings (SSSR count). The second-order valence-electron chi connectivity index (χ2n) is 4.73. The zero-order valence-electron chi connectivity index (χ0n) is 11.4. The second-order valence-corrected chi connectivity index (χ2v) is 4.73. The summed E-state index contributed by atoms with van der Waals surface area (Å²) >= 11 is 0. The Kier molecular flexibility index (Phi) is 3.97. The number of benzene rings is 1. The summed E-state index contributed by atoms with van der Waals surface area (Å²) in [5.74, 6) is 0.698. The van der Waals surface area contributed by atoms with E-state index in [1.54, 1.807) is 6.20 Å². The van der Waals surface area contributed by atoms with Crippen LogP contribution in [-0.2, 0) is 11.3 Å². The lowest BCUT2D eigenvalue weighted by atomic mass is 10.1. The van der Waals surface area contributed by atoms with Crippen LogP contribution in [0.5, 0.6) is 0 Å². The first-order valence-electron chi connectivity index (χ1n) is 6.81. The summed E-state index contributed by atoms with van der Waals surface area (Å²) in [4.78, 5) is 20.9. The van der Waals surface area contributed by atoms with Gasteiger partial charge in [0.2, 0.25) is 0 Å². The van der Waals surface area contributed by atoms with Gasteiger partial charge in [0, 0.05) is 6.20 Å². The van der Waals surface area contributed by atoms with Crippen LogP contribution in [0.15, 0.2) is 47.4 Å². The Hall–Kier alpha value is -2.60. The van der Waals surface area contributed by atoms with E-state index in [0.717, 1.165) is 18.4 Å². The Balaban J connectivity index is 1.47. The van der Waals surface area contributed by atoms with E-state index in [9.17, 15) is 4.79 Å². The van der Waals surface area contributed by atoms with Crippen LogP contribution < -0.4 is 11.0 Å². The minimum absolute atomic E-state index is 0.0838. The molecule has 1 aromatic carbocycles. The summed E-state index contributed by atoms with van der Waals surface area (Å²) in [5.41, 5.74) is 4.72. The lowest BCUT2D eigenvalue weighted by Gasteiger charge is -2.06. The third-order valence-electron chi connectivity index (χ3n) is 3.19. The number of hydrogen-bond acceptors (Lipinski definition) is 4. The Labute approximate surface area is 121 Å². The molecule has 0 unspecified atom stereocenters. The first kappa shape index (κ1) is 13.4. The van der Waals surface area contributed by atoms with Crippen LogP contribution in [0.4, 0.5) is 5.82 Å². The highest BCUT2D eigenvalue weighted by molar-refractivity contribution is 5.78. The number of fused-ring (bicyclic) bond motifs is 1. The van der Waals surface area contributed by atoms with Gasteiger partial charge in [0.25, 0.3) is 5.56 Å². The lowest BCUT2D eigenvalue weighted by Crippen LogP contribution is -2.05. The number of aromatic amines is 2. The maximum atomic E-state index is 11.4.